The van der Waals surface area contributed by atoms with Crippen LogP contribution in [0.3, 0.4) is 0 Å². The predicted octanol–water partition coefficient (Wildman–Crippen LogP) is 9.92. The first-order chi connectivity index (χ1) is 26.0. The van der Waals surface area contributed by atoms with Crippen molar-refractivity contribution in [3.05, 3.63) is 143 Å². The Balaban J connectivity index is 1.12. The van der Waals surface area contributed by atoms with Crippen molar-refractivity contribution in [2.45, 2.75) is 39.8 Å². The highest BCUT2D eigenvalue weighted by Crippen LogP contribution is 2.58. The van der Waals surface area contributed by atoms with Gasteiger partial charge in [0.05, 0.1) is 0 Å². The summed E-state index contributed by atoms with van der Waals surface area (Å²) in [6, 6.07) is 41.3. The van der Waals surface area contributed by atoms with E-state index in [2.05, 4.69) is 151 Å². The molecule has 7 aromatic carbocycles. The smallest absolute Gasteiger partial charge is 0.255 e. The van der Waals surface area contributed by atoms with Gasteiger partial charge in [-0.2, -0.15) is 0 Å². The van der Waals surface area contributed by atoms with E-state index in [9.17, 15) is 4.79 Å². The topological polar surface area (TPSA) is 48.1 Å². The Bertz CT molecular complexity index is 2420. The molecular formula is C47H46N4O2. The molecule has 6 nitrogen and oxygen atoms in total. The summed E-state index contributed by atoms with van der Waals surface area (Å²) in [5, 5.41) is 11.5. The van der Waals surface area contributed by atoms with Crippen LogP contribution < -0.4 is 19.9 Å². The van der Waals surface area contributed by atoms with Crippen molar-refractivity contribution in [2.24, 2.45) is 0 Å². The molecule has 0 radical (unpaired) electrons. The molecule has 0 bridgehead atoms. The lowest BCUT2D eigenvalue weighted by Crippen LogP contribution is -2.49. The van der Waals surface area contributed by atoms with Crippen LogP contribution in [0.4, 0.5) is 11.4 Å². The normalized spacial score (nSPS) is 14.2. The SMILES string of the molecule is CCN(CC)c1ccc2c(c1)Oc1cc(N(CC)CC)ccc1C21c2ccccc2C(=O)N1CCNCc1ccc2ccc3cccc4ccc1c2c34. The highest BCUT2D eigenvalue weighted by atomic mass is 16.5. The van der Waals surface area contributed by atoms with E-state index in [1.807, 2.05) is 12.1 Å². The molecule has 53 heavy (non-hydrogen) atoms. The molecule has 0 saturated carbocycles. The van der Waals surface area contributed by atoms with Crippen LogP contribution in [-0.4, -0.2) is 50.1 Å². The minimum atomic E-state index is -0.838. The second-order valence-electron chi connectivity index (χ2n) is 14.3. The second-order valence-corrected chi connectivity index (χ2v) is 14.3. The summed E-state index contributed by atoms with van der Waals surface area (Å²) in [7, 11) is 0. The second kappa shape index (κ2) is 13.1. The molecule has 1 amide bonds. The molecule has 0 aliphatic carbocycles. The number of carbonyl (C=O) groups excluding carboxylic acids is 1. The van der Waals surface area contributed by atoms with E-state index >= 15 is 0 Å². The zero-order valence-electron chi connectivity index (χ0n) is 31.1. The van der Waals surface area contributed by atoms with Gasteiger partial charge >= 0.3 is 0 Å². The van der Waals surface area contributed by atoms with E-state index in [4.69, 9.17) is 4.74 Å². The summed E-state index contributed by atoms with van der Waals surface area (Å²) in [5.41, 5.74) is 6.42. The first kappa shape index (κ1) is 33.3. The van der Waals surface area contributed by atoms with Gasteiger partial charge in [0, 0.05) is 86.0 Å². The number of fused-ring (bicyclic) bond motifs is 6. The summed E-state index contributed by atoms with van der Waals surface area (Å²) in [6.45, 7) is 14.2. The van der Waals surface area contributed by atoms with Gasteiger partial charge in [0.15, 0.2) is 0 Å². The van der Waals surface area contributed by atoms with E-state index in [1.54, 1.807) is 0 Å². The number of rotatable bonds is 11. The Kier molecular flexibility index (Phi) is 8.23. The molecule has 0 aromatic heterocycles. The Labute approximate surface area is 311 Å². The van der Waals surface area contributed by atoms with Gasteiger partial charge < -0.3 is 24.8 Å². The van der Waals surface area contributed by atoms with Crippen molar-refractivity contribution in [1.29, 1.82) is 0 Å². The van der Waals surface area contributed by atoms with Gasteiger partial charge in [0.2, 0.25) is 0 Å². The Morgan fingerprint density at radius 1 is 0.623 bits per heavy atom. The van der Waals surface area contributed by atoms with Crippen LogP contribution in [0.1, 0.15) is 60.3 Å². The third kappa shape index (κ3) is 4.99. The van der Waals surface area contributed by atoms with Crippen LogP contribution in [0.25, 0.3) is 32.3 Å². The van der Waals surface area contributed by atoms with Crippen molar-refractivity contribution in [1.82, 2.24) is 10.2 Å². The Hall–Kier alpha value is -5.59. The summed E-state index contributed by atoms with van der Waals surface area (Å²) in [5.74, 6) is 1.65. The van der Waals surface area contributed by atoms with Gasteiger partial charge in [-0.15, -0.1) is 0 Å². The van der Waals surface area contributed by atoms with Crippen molar-refractivity contribution in [2.75, 3.05) is 49.1 Å². The van der Waals surface area contributed by atoms with E-state index in [1.165, 1.54) is 37.9 Å². The fourth-order valence-electron chi connectivity index (χ4n) is 9.27. The number of hydrogen-bond donors (Lipinski definition) is 1. The number of carbonyl (C=O) groups is 1. The molecule has 0 atom stereocenters. The van der Waals surface area contributed by atoms with E-state index < -0.39 is 5.54 Å². The average molecular weight is 699 g/mol. The van der Waals surface area contributed by atoms with Crippen molar-refractivity contribution < 1.29 is 9.53 Å². The highest BCUT2D eigenvalue weighted by molar-refractivity contribution is 6.23. The van der Waals surface area contributed by atoms with E-state index in [0.717, 1.165) is 71.3 Å². The summed E-state index contributed by atoms with van der Waals surface area (Å²) in [6.07, 6.45) is 0. The fourth-order valence-corrected chi connectivity index (χ4v) is 9.27. The molecule has 7 aromatic rings. The van der Waals surface area contributed by atoms with E-state index in [-0.39, 0.29) is 5.91 Å². The monoisotopic (exact) mass is 698 g/mol. The maximum atomic E-state index is 14.7. The molecule has 0 fully saturated rings. The lowest BCUT2D eigenvalue weighted by molar-refractivity contribution is 0.0667. The van der Waals surface area contributed by atoms with Crippen LogP contribution in [0.2, 0.25) is 0 Å². The quantitative estimate of drug-likeness (QED) is 0.108. The minimum Gasteiger partial charge on any atom is -0.456 e. The van der Waals surface area contributed by atoms with Crippen molar-refractivity contribution in [3.8, 4) is 11.5 Å². The molecule has 0 unspecified atom stereocenters. The van der Waals surface area contributed by atoms with Gasteiger partial charge in [-0.1, -0.05) is 84.9 Å². The number of ether oxygens (including phenoxy) is 1. The number of nitrogens with zero attached hydrogens (tertiary/aromatic N) is 3. The van der Waals surface area contributed by atoms with Crippen molar-refractivity contribution >= 4 is 49.6 Å². The summed E-state index contributed by atoms with van der Waals surface area (Å²) in [4.78, 5) is 21.5. The molecule has 0 saturated heterocycles. The van der Waals surface area contributed by atoms with Crippen LogP contribution in [0.15, 0.2) is 115 Å². The first-order valence-electron chi connectivity index (χ1n) is 19.3. The zero-order valence-corrected chi connectivity index (χ0v) is 31.1. The maximum Gasteiger partial charge on any atom is 0.255 e. The third-order valence-corrected chi connectivity index (χ3v) is 11.8. The Morgan fingerprint density at radius 3 is 1.85 bits per heavy atom. The molecular weight excluding hydrogens is 653 g/mol. The summed E-state index contributed by atoms with van der Waals surface area (Å²) < 4.78 is 6.89. The van der Waals surface area contributed by atoms with Crippen molar-refractivity contribution in [3.63, 3.8) is 0 Å². The highest BCUT2D eigenvalue weighted by Gasteiger charge is 2.56. The molecule has 1 N–H and O–H groups in total. The van der Waals surface area contributed by atoms with Crippen LogP contribution >= 0.6 is 0 Å². The Morgan fingerprint density at radius 2 is 1.21 bits per heavy atom. The predicted molar refractivity (Wildman–Crippen MR) is 219 cm³/mol. The molecule has 9 rings (SSSR count). The molecule has 6 heteroatoms. The fraction of sp³-hybridized carbons (Fsp3) is 0.255. The largest absolute Gasteiger partial charge is 0.456 e. The number of benzene rings is 7. The maximum absolute atomic E-state index is 14.7. The van der Waals surface area contributed by atoms with Gasteiger partial charge in [-0.25, -0.2) is 0 Å². The molecule has 2 aliphatic heterocycles. The standard InChI is InChI=1S/C47H46N4O2/c1-5-49(6-2)35-21-24-40-42(28-35)53-43-29-36(50(7-3)8-4)22-25-41(43)47(40)39-15-10-9-14-38(39)46(52)51(47)27-26-48-30-34-19-18-33-17-16-31-12-11-13-32-20-23-37(34)45(33)44(31)32/h9-25,28-29,48H,5-8,26-27,30H2,1-4H3. The molecule has 2 heterocycles. The first-order valence-corrected chi connectivity index (χ1v) is 19.3. The molecule has 2 aliphatic rings. The lowest BCUT2D eigenvalue weighted by atomic mass is 9.74. The van der Waals surface area contributed by atoms with Gasteiger partial charge in [0.1, 0.15) is 17.0 Å². The average Bonchev–Trinajstić information content (AvgIpc) is 3.44. The third-order valence-electron chi connectivity index (χ3n) is 11.8. The zero-order chi connectivity index (χ0) is 36.3. The summed E-state index contributed by atoms with van der Waals surface area (Å²) >= 11 is 0. The lowest BCUT2D eigenvalue weighted by Gasteiger charge is -2.45. The molecule has 1 spiro atoms. The number of amides is 1. The minimum absolute atomic E-state index is 0.0459. The van der Waals surface area contributed by atoms with Crippen LogP contribution in [0, 0.1) is 0 Å². The number of anilines is 2. The van der Waals surface area contributed by atoms with Crippen LogP contribution in [0.5, 0.6) is 11.5 Å². The van der Waals surface area contributed by atoms with Gasteiger partial charge in [0.25, 0.3) is 5.91 Å². The van der Waals surface area contributed by atoms with Gasteiger partial charge in [-0.05, 0) is 89.3 Å². The van der Waals surface area contributed by atoms with E-state index in [0.29, 0.717) is 19.6 Å². The number of nitrogens with one attached hydrogen (secondary N) is 1. The molecule has 266 valence electrons. The van der Waals surface area contributed by atoms with Gasteiger partial charge in [-0.3, -0.25) is 4.79 Å². The number of hydrogen-bond acceptors (Lipinski definition) is 5. The van der Waals surface area contributed by atoms with Crippen LogP contribution in [-0.2, 0) is 12.1 Å².